The summed E-state index contributed by atoms with van der Waals surface area (Å²) in [6.45, 7) is 1.58. The van der Waals surface area contributed by atoms with Crippen LogP contribution in [0.1, 0.15) is 11.1 Å². The second-order valence-electron chi connectivity index (χ2n) is 6.83. The minimum atomic E-state index is -4.60. The number of aromatic hydroxyl groups is 1. The zero-order valence-corrected chi connectivity index (χ0v) is 19.1. The molecule has 33 heavy (non-hydrogen) atoms. The Labute approximate surface area is 192 Å². The van der Waals surface area contributed by atoms with Crippen molar-refractivity contribution in [2.75, 3.05) is 9.44 Å². The lowest BCUT2D eigenvalue weighted by Crippen LogP contribution is -2.17. The number of hydrogen-bond acceptors (Lipinski definition) is 5. The van der Waals surface area contributed by atoms with E-state index in [9.17, 15) is 35.1 Å². The maximum atomic E-state index is 12.8. The fourth-order valence-electron chi connectivity index (χ4n) is 2.74. The van der Waals surface area contributed by atoms with E-state index in [1.54, 1.807) is 13.0 Å². The summed E-state index contributed by atoms with van der Waals surface area (Å²) in [4.78, 5) is -1.26. The first-order chi connectivity index (χ1) is 15.2. The summed E-state index contributed by atoms with van der Waals surface area (Å²) < 4.78 is 93.4. The normalized spacial score (nSPS) is 12.4. The Kier molecular flexibility index (Phi) is 6.55. The van der Waals surface area contributed by atoms with Crippen LogP contribution in [0, 0.1) is 6.92 Å². The number of sulfonamides is 2. The molecular formula is C20H16ClF3N2O5S2. The van der Waals surface area contributed by atoms with E-state index in [1.165, 1.54) is 12.1 Å². The first-order valence-corrected chi connectivity index (χ1v) is 12.4. The van der Waals surface area contributed by atoms with Crippen LogP contribution in [-0.2, 0) is 26.2 Å². The summed E-state index contributed by atoms with van der Waals surface area (Å²) in [5.74, 6) is -0.757. The molecule has 0 saturated heterocycles. The van der Waals surface area contributed by atoms with E-state index >= 15 is 0 Å². The third-order valence-electron chi connectivity index (χ3n) is 4.51. The topological polar surface area (TPSA) is 113 Å². The largest absolute Gasteiger partial charge is 0.507 e. The molecule has 0 unspecified atom stereocenters. The molecule has 3 N–H and O–H groups in total. The van der Waals surface area contributed by atoms with Crippen molar-refractivity contribution in [3.05, 3.63) is 76.8 Å². The number of phenolic OH excluding ortho intramolecular Hbond substituents is 1. The first-order valence-electron chi connectivity index (χ1n) is 9.02. The number of halogens is 4. The van der Waals surface area contributed by atoms with Crippen LogP contribution >= 0.6 is 11.6 Å². The summed E-state index contributed by atoms with van der Waals surface area (Å²) in [5, 5.41) is 10.3. The van der Waals surface area contributed by atoms with Crippen molar-refractivity contribution in [1.82, 2.24) is 0 Å². The van der Waals surface area contributed by atoms with Gasteiger partial charge >= 0.3 is 6.18 Å². The average Bonchev–Trinajstić information content (AvgIpc) is 2.71. The van der Waals surface area contributed by atoms with Crippen molar-refractivity contribution in [3.8, 4) is 5.75 Å². The number of anilines is 2. The molecule has 3 aromatic carbocycles. The Morgan fingerprint density at radius 2 is 1.52 bits per heavy atom. The molecule has 0 bridgehead atoms. The number of benzene rings is 3. The fraction of sp³-hybridized carbons (Fsp3) is 0.100. The van der Waals surface area contributed by atoms with Crippen LogP contribution in [0.5, 0.6) is 5.75 Å². The van der Waals surface area contributed by atoms with Gasteiger partial charge in [0.2, 0.25) is 0 Å². The number of rotatable bonds is 6. The molecule has 0 aliphatic carbocycles. The Balaban J connectivity index is 1.93. The SMILES string of the molecule is Cc1c(Cl)cccc1NS(=O)(=O)c1ccc(O)c(S(=O)(=O)Nc2ccc(C(F)(F)F)cc2)c1. The van der Waals surface area contributed by atoms with Gasteiger partial charge in [-0.15, -0.1) is 0 Å². The van der Waals surface area contributed by atoms with Gasteiger partial charge < -0.3 is 5.11 Å². The van der Waals surface area contributed by atoms with Crippen LogP contribution in [0.4, 0.5) is 24.5 Å². The van der Waals surface area contributed by atoms with E-state index in [-0.39, 0.29) is 11.4 Å². The second-order valence-corrected chi connectivity index (χ2v) is 10.6. The van der Waals surface area contributed by atoms with Crippen LogP contribution in [-0.4, -0.2) is 21.9 Å². The Morgan fingerprint density at radius 3 is 2.12 bits per heavy atom. The zero-order chi connectivity index (χ0) is 24.6. The first kappa shape index (κ1) is 24.7. The zero-order valence-electron chi connectivity index (χ0n) is 16.7. The molecule has 0 spiro atoms. The van der Waals surface area contributed by atoms with Crippen molar-refractivity contribution >= 4 is 43.0 Å². The third-order valence-corrected chi connectivity index (χ3v) is 7.69. The molecule has 0 amide bonds. The van der Waals surface area contributed by atoms with Gasteiger partial charge in [-0.05, 0) is 67.1 Å². The monoisotopic (exact) mass is 520 g/mol. The van der Waals surface area contributed by atoms with Gasteiger partial charge in [0.05, 0.1) is 16.1 Å². The summed E-state index contributed by atoms with van der Waals surface area (Å²) >= 11 is 5.99. The molecule has 0 saturated carbocycles. The van der Waals surface area contributed by atoms with Crippen molar-refractivity contribution in [3.63, 3.8) is 0 Å². The van der Waals surface area contributed by atoms with Gasteiger partial charge in [0.15, 0.2) is 0 Å². The molecule has 176 valence electrons. The molecule has 3 aromatic rings. The van der Waals surface area contributed by atoms with Gasteiger partial charge in [-0.25, -0.2) is 16.8 Å². The summed E-state index contributed by atoms with van der Waals surface area (Å²) in [6.07, 6.45) is -4.60. The highest BCUT2D eigenvalue weighted by molar-refractivity contribution is 7.93. The minimum Gasteiger partial charge on any atom is -0.507 e. The minimum absolute atomic E-state index is 0.169. The third kappa shape index (κ3) is 5.52. The Hall–Kier alpha value is -2.96. The van der Waals surface area contributed by atoms with Crippen LogP contribution in [0.15, 0.2) is 70.5 Å². The lowest BCUT2D eigenvalue weighted by Gasteiger charge is -2.14. The Morgan fingerprint density at radius 1 is 0.879 bits per heavy atom. The van der Waals surface area contributed by atoms with E-state index in [4.69, 9.17) is 11.6 Å². The molecular weight excluding hydrogens is 505 g/mol. The predicted octanol–water partition coefficient (Wildman–Crippen LogP) is 4.97. The van der Waals surface area contributed by atoms with Crippen LogP contribution in [0.3, 0.4) is 0 Å². The van der Waals surface area contributed by atoms with Crippen molar-refractivity contribution in [2.45, 2.75) is 22.9 Å². The quantitative estimate of drug-likeness (QED) is 0.424. The molecule has 3 rings (SSSR count). The second kappa shape index (κ2) is 8.76. The lowest BCUT2D eigenvalue weighted by molar-refractivity contribution is -0.137. The van der Waals surface area contributed by atoms with E-state index in [1.807, 2.05) is 4.72 Å². The highest BCUT2D eigenvalue weighted by Crippen LogP contribution is 2.32. The number of nitrogens with one attached hydrogen (secondary N) is 2. The smallest absolute Gasteiger partial charge is 0.416 e. The highest BCUT2D eigenvalue weighted by atomic mass is 35.5. The van der Waals surface area contributed by atoms with Gasteiger partial charge in [0.1, 0.15) is 10.6 Å². The Bertz CT molecular complexity index is 1410. The summed E-state index contributed by atoms with van der Waals surface area (Å²) in [7, 11) is -8.84. The number of phenols is 1. The van der Waals surface area contributed by atoms with E-state index in [0.29, 0.717) is 22.7 Å². The van der Waals surface area contributed by atoms with Crippen molar-refractivity contribution in [2.24, 2.45) is 0 Å². The molecule has 0 fully saturated rings. The molecule has 0 aliphatic rings. The maximum Gasteiger partial charge on any atom is 0.416 e. The molecule has 0 heterocycles. The van der Waals surface area contributed by atoms with Gasteiger partial charge in [-0.2, -0.15) is 13.2 Å². The van der Waals surface area contributed by atoms with E-state index < -0.39 is 47.3 Å². The van der Waals surface area contributed by atoms with Crippen LogP contribution in [0.2, 0.25) is 5.02 Å². The molecule has 7 nitrogen and oxygen atoms in total. The van der Waals surface area contributed by atoms with Gasteiger partial charge in [-0.3, -0.25) is 9.44 Å². The maximum absolute atomic E-state index is 12.8. The van der Waals surface area contributed by atoms with Gasteiger partial charge in [-0.1, -0.05) is 17.7 Å². The molecule has 0 atom stereocenters. The predicted molar refractivity (Wildman–Crippen MR) is 117 cm³/mol. The number of hydrogen-bond donors (Lipinski definition) is 3. The molecule has 0 aromatic heterocycles. The van der Waals surface area contributed by atoms with Crippen LogP contribution < -0.4 is 9.44 Å². The van der Waals surface area contributed by atoms with E-state index in [2.05, 4.69) is 4.72 Å². The molecule has 13 heteroatoms. The molecule has 0 aliphatic heterocycles. The summed E-state index contributed by atoms with van der Waals surface area (Å²) in [5.41, 5.74) is -0.590. The summed E-state index contributed by atoms with van der Waals surface area (Å²) in [6, 6.07) is 10.3. The van der Waals surface area contributed by atoms with Gasteiger partial charge in [0.25, 0.3) is 20.0 Å². The average molecular weight is 521 g/mol. The lowest BCUT2D eigenvalue weighted by atomic mass is 10.2. The standard InChI is InChI=1S/C20H16ClF3N2O5S2/c1-12-16(21)3-2-4-17(12)26-32(28,29)15-9-10-18(27)19(11-15)33(30,31)25-14-7-5-13(6-8-14)20(22,23)24/h2-11,25-27H,1H3. The van der Waals surface area contributed by atoms with Crippen molar-refractivity contribution in [1.29, 1.82) is 0 Å². The fourth-order valence-corrected chi connectivity index (χ4v) is 5.32. The van der Waals surface area contributed by atoms with Gasteiger partial charge in [0, 0.05) is 10.7 Å². The molecule has 0 radical (unpaired) electrons. The van der Waals surface area contributed by atoms with Crippen molar-refractivity contribution < 1.29 is 35.1 Å². The number of alkyl halides is 3. The van der Waals surface area contributed by atoms with E-state index in [0.717, 1.165) is 30.3 Å². The highest BCUT2D eigenvalue weighted by Gasteiger charge is 2.30. The van der Waals surface area contributed by atoms with Crippen LogP contribution in [0.25, 0.3) is 0 Å².